The minimum atomic E-state index is -0.996. The van der Waals surface area contributed by atoms with Gasteiger partial charge >= 0.3 is 0 Å². The Morgan fingerprint density at radius 3 is 1.64 bits per heavy atom. The second-order valence-electron chi connectivity index (χ2n) is 7.17. The van der Waals surface area contributed by atoms with E-state index in [0.717, 1.165) is 45.9 Å². The SMILES string of the molecule is [CH2]C(CCCC)(Oc1cccc2ccccc12)Oc1cccc2ccccc12. The average molecular weight is 369 g/mol. The highest BCUT2D eigenvalue weighted by Crippen LogP contribution is 2.34. The van der Waals surface area contributed by atoms with Gasteiger partial charge in [-0.15, -0.1) is 0 Å². The molecule has 4 aromatic carbocycles. The van der Waals surface area contributed by atoms with Gasteiger partial charge in [-0.05, 0) is 29.3 Å². The molecule has 141 valence electrons. The maximum Gasteiger partial charge on any atom is 0.251 e. The molecular weight excluding hydrogens is 344 g/mol. The number of hydrogen-bond acceptors (Lipinski definition) is 2. The third kappa shape index (κ3) is 3.82. The van der Waals surface area contributed by atoms with Crippen LogP contribution in [0.15, 0.2) is 84.9 Å². The maximum atomic E-state index is 6.44. The summed E-state index contributed by atoms with van der Waals surface area (Å²) < 4.78 is 12.9. The molecule has 1 radical (unpaired) electrons. The third-order valence-electron chi connectivity index (χ3n) is 5.00. The fourth-order valence-corrected chi connectivity index (χ4v) is 3.54. The van der Waals surface area contributed by atoms with Crippen molar-refractivity contribution < 1.29 is 9.47 Å². The van der Waals surface area contributed by atoms with Crippen molar-refractivity contribution in [2.75, 3.05) is 0 Å². The zero-order valence-corrected chi connectivity index (χ0v) is 16.2. The Labute approximate surface area is 166 Å². The van der Waals surface area contributed by atoms with Gasteiger partial charge in [0, 0.05) is 24.1 Å². The first kappa shape index (κ1) is 18.4. The van der Waals surface area contributed by atoms with Crippen LogP contribution in [0.5, 0.6) is 11.5 Å². The molecule has 0 N–H and O–H groups in total. The van der Waals surface area contributed by atoms with Gasteiger partial charge in [0.15, 0.2) is 0 Å². The Morgan fingerprint density at radius 2 is 1.14 bits per heavy atom. The van der Waals surface area contributed by atoms with Gasteiger partial charge < -0.3 is 9.47 Å². The summed E-state index contributed by atoms with van der Waals surface area (Å²) in [7, 11) is 0. The predicted molar refractivity (Wildman–Crippen MR) is 117 cm³/mol. The van der Waals surface area contributed by atoms with Crippen LogP contribution in [0.4, 0.5) is 0 Å². The van der Waals surface area contributed by atoms with Crippen molar-refractivity contribution in [2.24, 2.45) is 0 Å². The molecule has 0 heterocycles. The van der Waals surface area contributed by atoms with E-state index in [9.17, 15) is 0 Å². The monoisotopic (exact) mass is 369 g/mol. The molecule has 4 rings (SSSR count). The second kappa shape index (κ2) is 7.93. The first-order chi connectivity index (χ1) is 13.7. The Morgan fingerprint density at radius 1 is 0.679 bits per heavy atom. The van der Waals surface area contributed by atoms with Crippen molar-refractivity contribution >= 4 is 21.5 Å². The highest BCUT2D eigenvalue weighted by atomic mass is 16.7. The second-order valence-corrected chi connectivity index (χ2v) is 7.17. The van der Waals surface area contributed by atoms with E-state index < -0.39 is 5.79 Å². The van der Waals surface area contributed by atoms with Crippen LogP contribution in [0.1, 0.15) is 26.2 Å². The van der Waals surface area contributed by atoms with Crippen molar-refractivity contribution in [3.05, 3.63) is 91.9 Å². The molecule has 0 amide bonds. The van der Waals surface area contributed by atoms with Crippen molar-refractivity contribution in [1.29, 1.82) is 0 Å². The molecule has 0 atom stereocenters. The molecule has 0 spiro atoms. The normalized spacial score (nSPS) is 11.6. The summed E-state index contributed by atoms with van der Waals surface area (Å²) in [5, 5.41) is 4.41. The van der Waals surface area contributed by atoms with Crippen LogP contribution < -0.4 is 9.47 Å². The van der Waals surface area contributed by atoms with Gasteiger partial charge in [-0.25, -0.2) is 0 Å². The third-order valence-corrected chi connectivity index (χ3v) is 5.00. The fourth-order valence-electron chi connectivity index (χ4n) is 3.54. The van der Waals surface area contributed by atoms with Crippen LogP contribution in [-0.2, 0) is 0 Å². The summed E-state index contributed by atoms with van der Waals surface area (Å²) in [6.07, 6.45) is 2.73. The van der Waals surface area contributed by atoms with Crippen LogP contribution in [0.25, 0.3) is 21.5 Å². The minimum absolute atomic E-state index is 0.704. The first-order valence-electron chi connectivity index (χ1n) is 9.87. The van der Waals surface area contributed by atoms with E-state index in [1.807, 2.05) is 48.5 Å². The highest BCUT2D eigenvalue weighted by Gasteiger charge is 2.30. The maximum absolute atomic E-state index is 6.44. The van der Waals surface area contributed by atoms with Crippen molar-refractivity contribution in [2.45, 2.75) is 32.0 Å². The number of rotatable bonds is 7. The Hall–Kier alpha value is -3.00. The van der Waals surface area contributed by atoms with E-state index in [1.54, 1.807) is 0 Å². The number of fused-ring (bicyclic) bond motifs is 2. The molecule has 2 heteroatoms. The molecule has 0 unspecified atom stereocenters. The lowest BCUT2D eigenvalue weighted by molar-refractivity contribution is -0.0790. The molecule has 0 saturated heterocycles. The topological polar surface area (TPSA) is 18.5 Å². The van der Waals surface area contributed by atoms with E-state index in [0.29, 0.717) is 6.42 Å². The molecule has 0 aliphatic carbocycles. The molecule has 0 aromatic heterocycles. The lowest BCUT2D eigenvalue weighted by Gasteiger charge is -2.32. The van der Waals surface area contributed by atoms with E-state index in [2.05, 4.69) is 50.2 Å². The Bertz CT molecular complexity index is 992. The lowest BCUT2D eigenvalue weighted by Crippen LogP contribution is -2.39. The molecule has 2 nitrogen and oxygen atoms in total. The van der Waals surface area contributed by atoms with E-state index in [4.69, 9.17) is 9.47 Å². The number of benzene rings is 4. The van der Waals surface area contributed by atoms with Gasteiger partial charge in [-0.3, -0.25) is 0 Å². The van der Waals surface area contributed by atoms with Gasteiger partial charge in [0.05, 0.1) is 0 Å². The number of ether oxygens (including phenoxy) is 2. The summed E-state index contributed by atoms with van der Waals surface area (Å²) in [5.41, 5.74) is 0. The minimum Gasteiger partial charge on any atom is -0.452 e. The van der Waals surface area contributed by atoms with Crippen molar-refractivity contribution in [1.82, 2.24) is 0 Å². The van der Waals surface area contributed by atoms with E-state index in [-0.39, 0.29) is 0 Å². The molecular formula is C26H25O2. The zero-order chi connectivity index (χ0) is 19.4. The quantitative estimate of drug-likeness (QED) is 0.321. The summed E-state index contributed by atoms with van der Waals surface area (Å²) in [5.74, 6) is 0.596. The van der Waals surface area contributed by atoms with Crippen LogP contribution in [0, 0.1) is 6.92 Å². The highest BCUT2D eigenvalue weighted by molar-refractivity contribution is 5.89. The summed E-state index contributed by atoms with van der Waals surface area (Å²) in [6.45, 7) is 6.53. The first-order valence-corrected chi connectivity index (χ1v) is 9.87. The van der Waals surface area contributed by atoms with Crippen LogP contribution >= 0.6 is 0 Å². The molecule has 0 bridgehead atoms. The van der Waals surface area contributed by atoms with Crippen molar-refractivity contribution in [3.8, 4) is 11.5 Å². The molecule has 4 aromatic rings. The predicted octanol–water partition coefficient (Wildman–Crippen LogP) is 7.17. The number of unbranched alkanes of at least 4 members (excludes halogenated alkanes) is 1. The molecule has 0 aliphatic heterocycles. The van der Waals surface area contributed by atoms with E-state index >= 15 is 0 Å². The molecule has 0 fully saturated rings. The average Bonchev–Trinajstić information content (AvgIpc) is 2.73. The smallest absolute Gasteiger partial charge is 0.251 e. The molecule has 0 aliphatic rings. The van der Waals surface area contributed by atoms with E-state index in [1.165, 1.54) is 0 Å². The lowest BCUT2D eigenvalue weighted by atomic mass is 10.1. The van der Waals surface area contributed by atoms with Crippen molar-refractivity contribution in [3.63, 3.8) is 0 Å². The van der Waals surface area contributed by atoms with Crippen LogP contribution in [0.3, 0.4) is 0 Å². The van der Waals surface area contributed by atoms with Gasteiger partial charge in [-0.1, -0.05) is 86.1 Å². The summed E-state index contributed by atoms with van der Waals surface area (Å²) in [4.78, 5) is 0. The summed E-state index contributed by atoms with van der Waals surface area (Å²) >= 11 is 0. The Kier molecular flexibility index (Phi) is 5.21. The van der Waals surface area contributed by atoms with Gasteiger partial charge in [0.2, 0.25) is 0 Å². The Balaban J connectivity index is 1.71. The van der Waals surface area contributed by atoms with Gasteiger partial charge in [0.25, 0.3) is 5.79 Å². The van der Waals surface area contributed by atoms with Crippen LogP contribution in [-0.4, -0.2) is 5.79 Å². The van der Waals surface area contributed by atoms with Gasteiger partial charge in [0.1, 0.15) is 11.5 Å². The summed E-state index contributed by atoms with van der Waals surface area (Å²) in [6, 6.07) is 28.6. The fraction of sp³-hybridized carbons (Fsp3) is 0.192. The standard InChI is InChI=1S/C26H25O2/c1-3-4-19-26(2,27-24-17-9-13-20-11-5-7-15-22(20)24)28-25-18-10-14-21-12-6-8-16-23(21)25/h5-18H,2-4,19H2,1H3. The largest absolute Gasteiger partial charge is 0.452 e. The van der Waals surface area contributed by atoms with Gasteiger partial charge in [-0.2, -0.15) is 0 Å². The van der Waals surface area contributed by atoms with Crippen LogP contribution in [0.2, 0.25) is 0 Å². The molecule has 28 heavy (non-hydrogen) atoms. The zero-order valence-electron chi connectivity index (χ0n) is 16.2. The molecule has 0 saturated carbocycles. The number of hydrogen-bond donors (Lipinski definition) is 0.